The third kappa shape index (κ3) is 1.43. The lowest BCUT2D eigenvalue weighted by molar-refractivity contribution is 0.446. The molecule has 3 nitrogen and oxygen atoms in total. The van der Waals surface area contributed by atoms with Crippen LogP contribution in [0.1, 0.15) is 0 Å². The molecule has 2 aliphatic heterocycles. The molecule has 1 aromatic rings. The molecule has 2 aliphatic rings. The minimum atomic E-state index is 0.728. The summed E-state index contributed by atoms with van der Waals surface area (Å²) in [6, 6.07) is 7.69. The molecule has 74 valence electrons. The van der Waals surface area contributed by atoms with Gasteiger partial charge in [-0.1, -0.05) is 12.1 Å². The van der Waals surface area contributed by atoms with Crippen molar-refractivity contribution in [2.24, 2.45) is 4.99 Å². The highest BCUT2D eigenvalue weighted by atomic mass is 32.1. The van der Waals surface area contributed by atoms with Gasteiger partial charge in [-0.25, -0.2) is 4.99 Å². The second kappa shape index (κ2) is 3.17. The predicted octanol–water partition coefficient (Wildman–Crippen LogP) is 2.37. The molecule has 0 saturated heterocycles. The fraction of sp³-hybridized carbons (Fsp3) is 0. The Morgan fingerprint density at radius 2 is 2.13 bits per heavy atom. The van der Waals surface area contributed by atoms with Gasteiger partial charge in [-0.05, 0) is 18.2 Å². The van der Waals surface area contributed by atoms with Crippen molar-refractivity contribution in [3.05, 3.63) is 47.3 Å². The molecule has 4 heteroatoms. The van der Waals surface area contributed by atoms with E-state index in [-0.39, 0.29) is 0 Å². The summed E-state index contributed by atoms with van der Waals surface area (Å²) in [6.07, 6.45) is 3.60. The number of benzene rings is 1. The van der Waals surface area contributed by atoms with Crippen LogP contribution in [0.15, 0.2) is 52.3 Å². The highest BCUT2D eigenvalue weighted by Gasteiger charge is 2.19. The summed E-state index contributed by atoms with van der Waals surface area (Å²) < 4.78 is 5.67. The molecule has 0 aromatic heterocycles. The summed E-state index contributed by atoms with van der Waals surface area (Å²) in [7, 11) is 0. The number of rotatable bonds is 0. The number of para-hydroxylation sites is 2. The number of ether oxygens (including phenoxy) is 1. The van der Waals surface area contributed by atoms with E-state index in [1.165, 1.54) is 0 Å². The van der Waals surface area contributed by atoms with Gasteiger partial charge in [-0.2, -0.15) is 0 Å². The molecule has 0 fully saturated rings. The standard InChI is InChI=1S/C11H8N2OS/c15-11-5-8-10(6-12-11)14-9-4-2-1-3-7(9)13-8/h1-6,12,15H. The van der Waals surface area contributed by atoms with Crippen molar-refractivity contribution < 1.29 is 4.74 Å². The highest BCUT2D eigenvalue weighted by molar-refractivity contribution is 7.84. The van der Waals surface area contributed by atoms with E-state index in [2.05, 4.69) is 22.9 Å². The highest BCUT2D eigenvalue weighted by Crippen LogP contribution is 2.34. The average molecular weight is 216 g/mol. The molecule has 1 N–H and O–H groups in total. The summed E-state index contributed by atoms with van der Waals surface area (Å²) in [5, 5.41) is 3.73. The first-order valence-electron chi connectivity index (χ1n) is 4.56. The van der Waals surface area contributed by atoms with Gasteiger partial charge >= 0.3 is 0 Å². The van der Waals surface area contributed by atoms with E-state index in [0.717, 1.165) is 27.9 Å². The number of thiol groups is 1. The minimum Gasteiger partial charge on any atom is -0.451 e. The lowest BCUT2D eigenvalue weighted by Gasteiger charge is -2.20. The zero-order valence-electron chi connectivity index (χ0n) is 7.77. The van der Waals surface area contributed by atoms with Crippen molar-refractivity contribution in [3.8, 4) is 5.75 Å². The first-order valence-corrected chi connectivity index (χ1v) is 5.01. The maximum Gasteiger partial charge on any atom is 0.169 e. The van der Waals surface area contributed by atoms with Crippen LogP contribution >= 0.6 is 12.6 Å². The molecule has 0 bridgehead atoms. The monoisotopic (exact) mass is 216 g/mol. The summed E-state index contributed by atoms with van der Waals surface area (Å²) >= 11 is 4.22. The number of nitrogens with zero attached hydrogens (tertiary/aromatic N) is 1. The molecule has 0 spiro atoms. The first-order chi connectivity index (χ1) is 7.33. The number of allylic oxidation sites excluding steroid dienone is 1. The summed E-state index contributed by atoms with van der Waals surface area (Å²) in [6.45, 7) is 0. The van der Waals surface area contributed by atoms with E-state index in [9.17, 15) is 0 Å². The second-order valence-corrected chi connectivity index (χ2v) is 3.73. The molecule has 15 heavy (non-hydrogen) atoms. The largest absolute Gasteiger partial charge is 0.451 e. The van der Waals surface area contributed by atoms with Gasteiger partial charge in [-0.3, -0.25) is 0 Å². The van der Waals surface area contributed by atoms with Gasteiger partial charge in [0.25, 0.3) is 0 Å². The van der Waals surface area contributed by atoms with Crippen molar-refractivity contribution in [1.82, 2.24) is 5.32 Å². The molecule has 3 rings (SSSR count). The van der Waals surface area contributed by atoms with Gasteiger partial charge < -0.3 is 10.1 Å². The molecule has 0 saturated carbocycles. The maximum atomic E-state index is 5.67. The lowest BCUT2D eigenvalue weighted by Crippen LogP contribution is -2.20. The van der Waals surface area contributed by atoms with Gasteiger partial charge in [0.15, 0.2) is 11.5 Å². The summed E-state index contributed by atoms with van der Waals surface area (Å²) in [5.74, 6) is 1.51. The van der Waals surface area contributed by atoms with Crippen LogP contribution < -0.4 is 10.1 Å². The molecule has 0 radical (unpaired) electrons. The van der Waals surface area contributed by atoms with Crippen LogP contribution in [0.2, 0.25) is 0 Å². The van der Waals surface area contributed by atoms with E-state index < -0.39 is 0 Å². The summed E-state index contributed by atoms with van der Waals surface area (Å²) in [4.78, 5) is 4.48. The van der Waals surface area contributed by atoms with Gasteiger partial charge in [0, 0.05) is 6.20 Å². The van der Waals surface area contributed by atoms with E-state index in [1.807, 2.05) is 30.3 Å². The maximum absolute atomic E-state index is 5.67. The number of aliphatic imine (C=N–C) groups is 1. The number of hydrogen-bond acceptors (Lipinski definition) is 4. The normalized spacial score (nSPS) is 17.3. The number of fused-ring (bicyclic) bond motifs is 2. The van der Waals surface area contributed by atoms with E-state index in [4.69, 9.17) is 4.74 Å². The van der Waals surface area contributed by atoms with Crippen LogP contribution in [0, 0.1) is 0 Å². The van der Waals surface area contributed by atoms with Crippen LogP contribution in [0.25, 0.3) is 0 Å². The second-order valence-electron chi connectivity index (χ2n) is 3.25. The Bertz CT molecular complexity index is 517. The fourth-order valence-electron chi connectivity index (χ4n) is 1.51. The Labute approximate surface area is 92.6 Å². The molecule has 0 atom stereocenters. The quantitative estimate of drug-likeness (QED) is 0.653. The van der Waals surface area contributed by atoms with Crippen molar-refractivity contribution in [2.45, 2.75) is 0 Å². The topological polar surface area (TPSA) is 33.6 Å². The SMILES string of the molecule is SC1=CC2=Nc3ccccc3OC2=CN1. The fourth-order valence-corrected chi connectivity index (χ4v) is 1.70. The van der Waals surface area contributed by atoms with Crippen molar-refractivity contribution in [3.63, 3.8) is 0 Å². The Kier molecular flexibility index (Phi) is 1.82. The molecule has 0 amide bonds. The van der Waals surface area contributed by atoms with Crippen LogP contribution in [-0.4, -0.2) is 5.71 Å². The zero-order valence-corrected chi connectivity index (χ0v) is 8.66. The van der Waals surface area contributed by atoms with Crippen LogP contribution in [0.5, 0.6) is 5.75 Å². The Morgan fingerprint density at radius 3 is 3.07 bits per heavy atom. The number of nitrogens with one attached hydrogen (secondary N) is 1. The van der Waals surface area contributed by atoms with Gasteiger partial charge in [0.1, 0.15) is 11.4 Å². The Hall–Kier alpha value is -1.68. The first kappa shape index (κ1) is 8.61. The van der Waals surface area contributed by atoms with Crippen LogP contribution in [0.4, 0.5) is 5.69 Å². The summed E-state index contributed by atoms with van der Waals surface area (Å²) in [5.41, 5.74) is 1.65. The number of dihydropyridines is 1. The molecule has 2 heterocycles. The van der Waals surface area contributed by atoms with Gasteiger partial charge in [0.2, 0.25) is 0 Å². The van der Waals surface area contributed by atoms with Gasteiger partial charge in [-0.15, -0.1) is 12.6 Å². The number of hydrogen-bond donors (Lipinski definition) is 2. The zero-order chi connectivity index (χ0) is 10.3. The van der Waals surface area contributed by atoms with Crippen LogP contribution in [-0.2, 0) is 0 Å². The van der Waals surface area contributed by atoms with Crippen molar-refractivity contribution in [1.29, 1.82) is 0 Å². The van der Waals surface area contributed by atoms with E-state index in [0.29, 0.717) is 0 Å². The molecular formula is C11H8N2OS. The molecule has 0 aliphatic carbocycles. The lowest BCUT2D eigenvalue weighted by atomic mass is 10.2. The molecule has 1 aromatic carbocycles. The third-order valence-corrected chi connectivity index (χ3v) is 2.46. The van der Waals surface area contributed by atoms with E-state index in [1.54, 1.807) is 6.20 Å². The average Bonchev–Trinajstić information content (AvgIpc) is 2.26. The minimum absolute atomic E-state index is 0.728. The van der Waals surface area contributed by atoms with Crippen molar-refractivity contribution >= 4 is 24.0 Å². The molecular weight excluding hydrogens is 208 g/mol. The third-order valence-electron chi connectivity index (χ3n) is 2.20. The Morgan fingerprint density at radius 1 is 1.27 bits per heavy atom. The van der Waals surface area contributed by atoms with Crippen LogP contribution in [0.3, 0.4) is 0 Å². The van der Waals surface area contributed by atoms with E-state index >= 15 is 0 Å². The Balaban J connectivity index is 2.14. The molecule has 0 unspecified atom stereocenters. The van der Waals surface area contributed by atoms with Gasteiger partial charge in [0.05, 0.1) is 5.03 Å². The van der Waals surface area contributed by atoms with Crippen molar-refractivity contribution in [2.75, 3.05) is 0 Å². The predicted molar refractivity (Wildman–Crippen MR) is 62.5 cm³/mol. The smallest absolute Gasteiger partial charge is 0.169 e.